The zero-order valence-corrected chi connectivity index (χ0v) is 47.4. The highest BCUT2D eigenvalue weighted by Crippen LogP contribution is 2.17. The van der Waals surface area contributed by atoms with Crippen molar-refractivity contribution in [2.75, 3.05) is 47.5 Å². The molecule has 0 saturated carbocycles. The van der Waals surface area contributed by atoms with Gasteiger partial charge in [0.05, 0.1) is 34.4 Å². The summed E-state index contributed by atoms with van der Waals surface area (Å²) in [5.41, 5.74) is 0. The smallest absolute Gasteiger partial charge is 0.361 e. The van der Waals surface area contributed by atoms with Gasteiger partial charge in [0, 0.05) is 12.8 Å². The lowest BCUT2D eigenvalue weighted by molar-refractivity contribution is -0.870. The minimum Gasteiger partial charge on any atom is -0.477 e. The number of likely N-dealkylation sites (N-methyl/N-ethyl adjacent to an activating group) is 1. The zero-order chi connectivity index (χ0) is 52.0. The van der Waals surface area contributed by atoms with Crippen molar-refractivity contribution in [3.63, 3.8) is 0 Å². The molecule has 0 saturated heterocycles. The Balaban J connectivity index is 4.13. The van der Waals surface area contributed by atoms with Gasteiger partial charge in [0.15, 0.2) is 6.10 Å². The van der Waals surface area contributed by atoms with Crippen LogP contribution in [-0.2, 0) is 33.3 Å². The van der Waals surface area contributed by atoms with Crippen LogP contribution in [-0.4, -0.2) is 87.4 Å². The van der Waals surface area contributed by atoms with E-state index in [-0.39, 0.29) is 32.2 Å². The maximum Gasteiger partial charge on any atom is 0.361 e. The van der Waals surface area contributed by atoms with E-state index >= 15 is 0 Å². The van der Waals surface area contributed by atoms with Crippen molar-refractivity contribution in [1.82, 2.24) is 0 Å². The number of carbonyl (C=O) groups excluding carboxylic acids is 2. The van der Waals surface area contributed by atoms with Crippen molar-refractivity contribution in [3.05, 3.63) is 36.5 Å². The first kappa shape index (κ1) is 68.5. The first-order valence-electron chi connectivity index (χ1n) is 30.2. The average molecular weight is 1000 g/mol. The first-order chi connectivity index (χ1) is 34.6. The summed E-state index contributed by atoms with van der Waals surface area (Å²) in [5, 5.41) is 9.70. The molecule has 9 nitrogen and oxygen atoms in total. The van der Waals surface area contributed by atoms with Gasteiger partial charge in [0.1, 0.15) is 13.2 Å². The van der Waals surface area contributed by atoms with Gasteiger partial charge < -0.3 is 28.5 Å². The first-order valence-corrected chi connectivity index (χ1v) is 30.2. The molecule has 9 heteroatoms. The predicted octanol–water partition coefficient (Wildman–Crippen LogP) is 17.7. The summed E-state index contributed by atoms with van der Waals surface area (Å²) in [4.78, 5) is 37.4. The molecule has 0 aliphatic carbocycles. The number of carboxylic acids is 1. The number of unbranched alkanes of at least 4 members (excludes halogenated alkanes) is 35. The van der Waals surface area contributed by atoms with E-state index in [1.165, 1.54) is 199 Å². The second-order valence-corrected chi connectivity index (χ2v) is 21.7. The number of esters is 2. The fourth-order valence-electron chi connectivity index (χ4n) is 8.69. The lowest BCUT2D eigenvalue weighted by Gasteiger charge is -2.25. The molecule has 0 aliphatic rings. The normalized spacial score (nSPS) is 13.0. The SMILES string of the molecule is CCCCC/C=C\C/C=C\CCCCCCCCCC(=O)OC(COC(=O)CCCCCCCCCCCCCCCCCCC/C=C\CCCCCCCCCC)COC(OCC[N+](C)(C)C)C(=O)O. The molecule has 0 bridgehead atoms. The van der Waals surface area contributed by atoms with Gasteiger partial charge >= 0.3 is 17.9 Å². The molecule has 0 aromatic heterocycles. The largest absolute Gasteiger partial charge is 0.477 e. The van der Waals surface area contributed by atoms with Crippen LogP contribution in [0.5, 0.6) is 0 Å². The maximum atomic E-state index is 12.9. The number of carboxylic acid groups (broad SMARTS) is 1. The predicted molar refractivity (Wildman–Crippen MR) is 300 cm³/mol. The third-order valence-corrected chi connectivity index (χ3v) is 13.4. The number of hydrogen-bond donors (Lipinski definition) is 1. The molecule has 0 aliphatic heterocycles. The monoisotopic (exact) mass is 1000 g/mol. The standard InChI is InChI=1S/C62H115NO8/c1-6-8-10-12-14-16-18-20-22-24-25-26-27-28-29-30-31-32-33-34-35-37-38-40-42-44-46-48-50-52-59(64)69-56-58(57-70-62(61(66)67)68-55-54-63(3,4)5)71-60(65)53-51-49-47-45-43-41-39-36-23-21-19-17-15-13-11-9-7-2/h15,17,21,23-25,58,62H,6-14,16,18-20,22,26-57H2,1-5H3/p+1/b17-15-,23-21-,25-24-. The van der Waals surface area contributed by atoms with E-state index in [1.54, 1.807) is 0 Å². The van der Waals surface area contributed by atoms with Gasteiger partial charge in [-0.05, 0) is 70.6 Å². The molecule has 0 spiro atoms. The third kappa shape index (κ3) is 55.1. The highest BCUT2D eigenvalue weighted by Gasteiger charge is 2.25. The molecule has 416 valence electrons. The van der Waals surface area contributed by atoms with Crippen molar-refractivity contribution in [2.24, 2.45) is 0 Å². The third-order valence-electron chi connectivity index (χ3n) is 13.4. The van der Waals surface area contributed by atoms with Gasteiger partial charge in [-0.3, -0.25) is 9.59 Å². The van der Waals surface area contributed by atoms with Crippen molar-refractivity contribution >= 4 is 17.9 Å². The van der Waals surface area contributed by atoms with Crippen LogP contribution in [0.25, 0.3) is 0 Å². The quantitative estimate of drug-likeness (QED) is 0.0211. The van der Waals surface area contributed by atoms with Crippen LogP contribution in [0.4, 0.5) is 0 Å². The summed E-state index contributed by atoms with van der Waals surface area (Å²) in [6, 6.07) is 0. The highest BCUT2D eigenvalue weighted by atomic mass is 16.7. The Morgan fingerprint density at radius 1 is 0.423 bits per heavy atom. The Morgan fingerprint density at radius 2 is 0.761 bits per heavy atom. The summed E-state index contributed by atoms with van der Waals surface area (Å²) in [6.45, 7) is 4.88. The number of rotatable bonds is 56. The second-order valence-electron chi connectivity index (χ2n) is 21.7. The maximum absolute atomic E-state index is 12.9. The number of ether oxygens (including phenoxy) is 4. The molecular formula is C62H116NO8+. The van der Waals surface area contributed by atoms with E-state index in [4.69, 9.17) is 18.9 Å². The Kier molecular flexibility index (Phi) is 51.9. The van der Waals surface area contributed by atoms with Gasteiger partial charge in [-0.2, -0.15) is 0 Å². The number of carbonyl (C=O) groups is 3. The van der Waals surface area contributed by atoms with Crippen molar-refractivity contribution in [1.29, 1.82) is 0 Å². The van der Waals surface area contributed by atoms with Crippen LogP contribution in [0.15, 0.2) is 36.5 Å². The Hall–Kier alpha value is -2.49. The molecule has 1 N–H and O–H groups in total. The second kappa shape index (κ2) is 53.8. The number of hydrogen-bond acceptors (Lipinski definition) is 7. The number of aliphatic carboxylic acids is 1. The van der Waals surface area contributed by atoms with Crippen LogP contribution in [0, 0.1) is 0 Å². The minimum absolute atomic E-state index is 0.182. The molecule has 2 unspecified atom stereocenters. The summed E-state index contributed by atoms with van der Waals surface area (Å²) < 4.78 is 22.9. The fraction of sp³-hybridized carbons (Fsp3) is 0.855. The van der Waals surface area contributed by atoms with Crippen LogP contribution in [0.2, 0.25) is 0 Å². The van der Waals surface area contributed by atoms with Gasteiger partial charge in [-0.1, -0.05) is 237 Å². The Bertz CT molecular complexity index is 1260. The number of quaternary nitrogens is 1. The van der Waals surface area contributed by atoms with Crippen LogP contribution < -0.4 is 0 Å². The fourth-order valence-corrected chi connectivity index (χ4v) is 8.69. The summed E-state index contributed by atoms with van der Waals surface area (Å²) >= 11 is 0. The molecule has 0 amide bonds. The van der Waals surface area contributed by atoms with Gasteiger partial charge in [0.25, 0.3) is 6.29 Å². The van der Waals surface area contributed by atoms with E-state index in [2.05, 4.69) is 50.3 Å². The number of nitrogens with zero attached hydrogens (tertiary/aromatic N) is 1. The van der Waals surface area contributed by atoms with Gasteiger partial charge in [-0.25, -0.2) is 4.79 Å². The number of allylic oxidation sites excluding steroid dienone is 6. The molecule has 71 heavy (non-hydrogen) atoms. The van der Waals surface area contributed by atoms with E-state index in [9.17, 15) is 19.5 Å². The molecular weight excluding hydrogens is 887 g/mol. The van der Waals surface area contributed by atoms with E-state index in [0.717, 1.165) is 51.4 Å². The Labute approximate surface area is 439 Å². The molecule has 0 aromatic carbocycles. The molecule has 0 rings (SSSR count). The Morgan fingerprint density at radius 3 is 1.15 bits per heavy atom. The van der Waals surface area contributed by atoms with Crippen molar-refractivity contribution in [3.8, 4) is 0 Å². The van der Waals surface area contributed by atoms with Crippen LogP contribution in [0.3, 0.4) is 0 Å². The lowest BCUT2D eigenvalue weighted by atomic mass is 10.0. The topological polar surface area (TPSA) is 108 Å². The van der Waals surface area contributed by atoms with E-state index < -0.39 is 24.3 Å². The molecule has 0 fully saturated rings. The molecule has 0 radical (unpaired) electrons. The lowest BCUT2D eigenvalue weighted by Crippen LogP contribution is -2.40. The van der Waals surface area contributed by atoms with Gasteiger partial charge in [0.2, 0.25) is 0 Å². The van der Waals surface area contributed by atoms with Crippen molar-refractivity contribution < 1.29 is 42.9 Å². The van der Waals surface area contributed by atoms with Crippen LogP contribution in [0.1, 0.15) is 284 Å². The van der Waals surface area contributed by atoms with E-state index in [1.807, 2.05) is 21.1 Å². The summed E-state index contributed by atoms with van der Waals surface area (Å²) in [6.07, 6.45) is 62.3. The molecule has 2 atom stereocenters. The summed E-state index contributed by atoms with van der Waals surface area (Å²) in [5.74, 6) is -2.00. The minimum atomic E-state index is -1.51. The van der Waals surface area contributed by atoms with Crippen LogP contribution >= 0.6 is 0 Å². The average Bonchev–Trinajstić information content (AvgIpc) is 3.34. The summed E-state index contributed by atoms with van der Waals surface area (Å²) in [7, 11) is 5.97. The molecule has 0 heterocycles. The van der Waals surface area contributed by atoms with E-state index in [0.29, 0.717) is 23.9 Å². The molecule has 0 aromatic rings. The highest BCUT2D eigenvalue weighted by molar-refractivity contribution is 5.71. The van der Waals surface area contributed by atoms with Crippen molar-refractivity contribution in [2.45, 2.75) is 296 Å². The van der Waals surface area contributed by atoms with Gasteiger partial charge in [-0.15, -0.1) is 0 Å². The zero-order valence-electron chi connectivity index (χ0n) is 47.4.